The molecule has 0 amide bonds. The van der Waals surface area contributed by atoms with Crippen LogP contribution in [0.25, 0.3) is 12.2 Å². The van der Waals surface area contributed by atoms with Crippen molar-refractivity contribution < 1.29 is 8.81 Å². The molecular weight excluding hydrogens is 427 g/mol. The molecule has 0 saturated heterocycles. The molecule has 1 aromatic heterocycles. The van der Waals surface area contributed by atoms with Crippen LogP contribution in [0, 0.1) is 5.82 Å². The highest BCUT2D eigenvalue weighted by molar-refractivity contribution is 9.10. The highest BCUT2D eigenvalue weighted by Crippen LogP contribution is 2.20. The molecule has 0 bridgehead atoms. The summed E-state index contributed by atoms with van der Waals surface area (Å²) < 4.78 is 20.3. The van der Waals surface area contributed by atoms with Crippen LogP contribution in [-0.4, -0.2) is 10.2 Å². The van der Waals surface area contributed by atoms with Gasteiger partial charge in [-0.2, -0.15) is 0 Å². The van der Waals surface area contributed by atoms with Gasteiger partial charge in [0.15, 0.2) is 0 Å². The summed E-state index contributed by atoms with van der Waals surface area (Å²) in [4.78, 5) is 0. The second-order valence-electron chi connectivity index (χ2n) is 4.84. The zero-order chi connectivity index (χ0) is 16.2. The molecule has 6 heteroatoms. The first-order chi connectivity index (χ1) is 11.1. The summed E-state index contributed by atoms with van der Waals surface area (Å²) in [5, 5.41) is 8.03. The van der Waals surface area contributed by atoms with Crippen molar-refractivity contribution in [1.29, 1.82) is 0 Å². The Bertz CT molecular complexity index is 861. The van der Waals surface area contributed by atoms with E-state index >= 15 is 0 Å². The minimum absolute atomic E-state index is 0.289. The molecule has 0 atom stereocenters. The van der Waals surface area contributed by atoms with Crippen LogP contribution in [0.3, 0.4) is 0 Å². The van der Waals surface area contributed by atoms with Crippen LogP contribution >= 0.6 is 31.9 Å². The van der Waals surface area contributed by atoms with Crippen molar-refractivity contribution in [3.8, 4) is 0 Å². The average Bonchev–Trinajstić information content (AvgIpc) is 2.94. The number of hydrogen-bond donors (Lipinski definition) is 0. The van der Waals surface area contributed by atoms with Crippen LogP contribution < -0.4 is 0 Å². The third-order valence-corrected chi connectivity index (χ3v) is 4.27. The lowest BCUT2D eigenvalue weighted by Gasteiger charge is -1.97. The molecule has 0 fully saturated rings. The zero-order valence-corrected chi connectivity index (χ0v) is 15.0. The van der Waals surface area contributed by atoms with Crippen LogP contribution in [0.5, 0.6) is 0 Å². The van der Waals surface area contributed by atoms with E-state index in [-0.39, 0.29) is 5.82 Å². The van der Waals surface area contributed by atoms with Crippen LogP contribution in [0.1, 0.15) is 22.9 Å². The quantitative estimate of drug-likeness (QED) is 0.541. The Labute approximate surface area is 149 Å². The van der Waals surface area contributed by atoms with E-state index in [1.54, 1.807) is 18.2 Å². The Kier molecular flexibility index (Phi) is 5.03. The van der Waals surface area contributed by atoms with Crippen LogP contribution in [0.15, 0.2) is 55.8 Å². The number of benzene rings is 2. The number of hydrogen-bond acceptors (Lipinski definition) is 3. The van der Waals surface area contributed by atoms with Gasteiger partial charge in [-0.3, -0.25) is 0 Å². The molecule has 3 rings (SSSR count). The van der Waals surface area contributed by atoms with Gasteiger partial charge in [-0.1, -0.05) is 50.1 Å². The molecule has 0 unspecified atom stereocenters. The van der Waals surface area contributed by atoms with Gasteiger partial charge >= 0.3 is 0 Å². The van der Waals surface area contributed by atoms with E-state index in [4.69, 9.17) is 4.42 Å². The number of rotatable bonds is 4. The summed E-state index contributed by atoms with van der Waals surface area (Å²) in [7, 11) is 0. The average molecular weight is 438 g/mol. The van der Waals surface area contributed by atoms with E-state index in [1.807, 2.05) is 24.3 Å². The highest BCUT2D eigenvalue weighted by atomic mass is 79.9. The van der Waals surface area contributed by atoms with E-state index in [0.717, 1.165) is 15.6 Å². The van der Waals surface area contributed by atoms with Gasteiger partial charge in [-0.25, -0.2) is 4.39 Å². The Balaban J connectivity index is 1.73. The first kappa shape index (κ1) is 16.1. The Morgan fingerprint density at radius 2 is 1.91 bits per heavy atom. The molecule has 1 heterocycles. The van der Waals surface area contributed by atoms with Crippen LogP contribution in [-0.2, 0) is 6.42 Å². The maximum absolute atomic E-state index is 13.1. The second-order valence-corrected chi connectivity index (χ2v) is 6.61. The Morgan fingerprint density at radius 3 is 2.70 bits per heavy atom. The summed E-state index contributed by atoms with van der Waals surface area (Å²) >= 11 is 6.75. The van der Waals surface area contributed by atoms with Gasteiger partial charge in [0.2, 0.25) is 11.8 Å². The van der Waals surface area contributed by atoms with Crippen molar-refractivity contribution in [2.75, 3.05) is 0 Å². The van der Waals surface area contributed by atoms with Crippen molar-refractivity contribution in [3.63, 3.8) is 0 Å². The van der Waals surface area contributed by atoms with Crippen molar-refractivity contribution in [3.05, 3.63) is 80.1 Å². The largest absolute Gasteiger partial charge is 0.421 e. The summed E-state index contributed by atoms with van der Waals surface area (Å²) in [6.45, 7) is 0. The van der Waals surface area contributed by atoms with Crippen molar-refractivity contribution in [1.82, 2.24) is 10.2 Å². The van der Waals surface area contributed by atoms with Crippen molar-refractivity contribution in [2.45, 2.75) is 6.42 Å². The van der Waals surface area contributed by atoms with Crippen molar-refractivity contribution >= 4 is 44.0 Å². The Hall–Kier alpha value is -1.79. The van der Waals surface area contributed by atoms with E-state index in [2.05, 4.69) is 42.1 Å². The smallest absolute Gasteiger partial charge is 0.240 e. The first-order valence-corrected chi connectivity index (χ1v) is 8.39. The molecule has 0 radical (unpaired) electrons. The molecule has 2 aromatic carbocycles. The number of nitrogens with zero attached hydrogens (tertiary/aromatic N) is 2. The first-order valence-electron chi connectivity index (χ1n) is 6.80. The fourth-order valence-electron chi connectivity index (χ4n) is 2.02. The minimum atomic E-state index is -0.289. The SMILES string of the molecule is Fc1ccc(/C=C/c2nnc(Cc3cccc(Br)c3)o2)c(Br)c1. The molecule has 23 heavy (non-hydrogen) atoms. The monoisotopic (exact) mass is 436 g/mol. The summed E-state index contributed by atoms with van der Waals surface area (Å²) in [6.07, 6.45) is 4.07. The maximum Gasteiger partial charge on any atom is 0.240 e. The topological polar surface area (TPSA) is 38.9 Å². The number of halogens is 3. The van der Waals surface area contributed by atoms with E-state index in [0.29, 0.717) is 22.7 Å². The van der Waals surface area contributed by atoms with Gasteiger partial charge in [0, 0.05) is 15.0 Å². The van der Waals surface area contributed by atoms with Gasteiger partial charge in [0.1, 0.15) is 5.82 Å². The van der Waals surface area contributed by atoms with E-state index in [1.165, 1.54) is 12.1 Å². The summed E-state index contributed by atoms with van der Waals surface area (Å²) in [6, 6.07) is 12.4. The lowest BCUT2D eigenvalue weighted by Crippen LogP contribution is -1.87. The van der Waals surface area contributed by atoms with Gasteiger partial charge in [0.05, 0.1) is 6.42 Å². The third kappa shape index (κ3) is 4.36. The minimum Gasteiger partial charge on any atom is -0.421 e. The highest BCUT2D eigenvalue weighted by Gasteiger charge is 2.06. The lowest BCUT2D eigenvalue weighted by molar-refractivity contribution is 0.496. The predicted octanol–water partition coefficient (Wildman–Crippen LogP) is 5.49. The van der Waals surface area contributed by atoms with Gasteiger partial charge in [-0.05, 0) is 41.5 Å². The molecular formula is C17H11Br2FN2O. The van der Waals surface area contributed by atoms with Gasteiger partial charge < -0.3 is 4.42 Å². The van der Waals surface area contributed by atoms with Gasteiger partial charge in [-0.15, -0.1) is 10.2 Å². The molecule has 3 aromatic rings. The van der Waals surface area contributed by atoms with Gasteiger partial charge in [0.25, 0.3) is 0 Å². The normalized spacial score (nSPS) is 11.3. The molecule has 0 aliphatic rings. The molecule has 0 spiro atoms. The zero-order valence-electron chi connectivity index (χ0n) is 11.8. The van der Waals surface area contributed by atoms with E-state index < -0.39 is 0 Å². The molecule has 3 nitrogen and oxygen atoms in total. The molecule has 0 saturated carbocycles. The van der Waals surface area contributed by atoms with Crippen molar-refractivity contribution in [2.24, 2.45) is 0 Å². The Morgan fingerprint density at radius 1 is 1.04 bits per heavy atom. The second kappa shape index (κ2) is 7.19. The standard InChI is InChI=1S/C17H11Br2FN2O/c18-13-3-1-2-11(8-13)9-17-22-21-16(23-17)7-5-12-4-6-14(20)10-15(12)19/h1-8,10H,9H2/b7-5+. The summed E-state index contributed by atoms with van der Waals surface area (Å²) in [5.41, 5.74) is 1.91. The molecule has 0 aliphatic heterocycles. The fraction of sp³-hybridized carbons (Fsp3) is 0.0588. The fourth-order valence-corrected chi connectivity index (χ4v) is 2.95. The van der Waals surface area contributed by atoms with Crippen LogP contribution in [0.2, 0.25) is 0 Å². The molecule has 116 valence electrons. The predicted molar refractivity (Wildman–Crippen MR) is 94.3 cm³/mol. The molecule has 0 aliphatic carbocycles. The summed E-state index contributed by atoms with van der Waals surface area (Å²) in [5.74, 6) is 0.662. The third-order valence-electron chi connectivity index (χ3n) is 3.09. The van der Waals surface area contributed by atoms with E-state index in [9.17, 15) is 4.39 Å². The van der Waals surface area contributed by atoms with Crippen LogP contribution in [0.4, 0.5) is 4.39 Å². The lowest BCUT2D eigenvalue weighted by atomic mass is 10.1. The number of aromatic nitrogens is 2. The molecule has 0 N–H and O–H groups in total. The maximum atomic E-state index is 13.1.